The largest absolute Gasteiger partial charge is 0.487 e. The zero-order valence-electron chi connectivity index (χ0n) is 15.3. The second-order valence-corrected chi connectivity index (χ2v) is 6.98. The lowest BCUT2D eigenvalue weighted by atomic mass is 10.1. The number of benzene rings is 3. The highest BCUT2D eigenvalue weighted by molar-refractivity contribution is 6.32. The van der Waals surface area contributed by atoms with Crippen LogP contribution in [0.2, 0.25) is 5.02 Å². The van der Waals surface area contributed by atoms with Crippen LogP contribution in [0.1, 0.15) is 11.1 Å². The Labute approximate surface area is 172 Å². The van der Waals surface area contributed by atoms with Gasteiger partial charge in [-0.15, -0.1) is 0 Å². The molecule has 3 N–H and O–H groups in total. The van der Waals surface area contributed by atoms with E-state index in [0.29, 0.717) is 22.9 Å². The third-order valence-corrected chi connectivity index (χ3v) is 4.96. The first kappa shape index (κ1) is 18.6. The molecule has 0 fully saturated rings. The van der Waals surface area contributed by atoms with Crippen molar-refractivity contribution in [3.8, 4) is 11.8 Å². The Hall–Kier alpha value is -3.75. The summed E-state index contributed by atoms with van der Waals surface area (Å²) in [6.07, 6.45) is 3.14. The van der Waals surface area contributed by atoms with Crippen molar-refractivity contribution in [2.45, 2.75) is 6.61 Å². The van der Waals surface area contributed by atoms with E-state index in [1.54, 1.807) is 18.3 Å². The number of nitriles is 1. The molecule has 3 aromatic carbocycles. The van der Waals surface area contributed by atoms with Crippen LogP contribution in [0.5, 0.6) is 5.75 Å². The number of aromatic nitrogens is 1. The van der Waals surface area contributed by atoms with Crippen LogP contribution in [-0.4, -0.2) is 10.9 Å². The van der Waals surface area contributed by atoms with Gasteiger partial charge in [-0.3, -0.25) is 4.79 Å². The zero-order valence-corrected chi connectivity index (χ0v) is 16.0. The third-order valence-electron chi connectivity index (χ3n) is 4.66. The fourth-order valence-electron chi connectivity index (χ4n) is 3.18. The Balaban J connectivity index is 1.64. The summed E-state index contributed by atoms with van der Waals surface area (Å²) in [5.74, 6) is -0.261. The fourth-order valence-corrected chi connectivity index (χ4v) is 3.40. The fraction of sp³-hybridized carbons (Fsp3) is 0.0435. The number of carbonyl (C=O) groups excluding carboxylic acids is 1. The van der Waals surface area contributed by atoms with E-state index in [4.69, 9.17) is 27.3 Å². The van der Waals surface area contributed by atoms with Crippen LogP contribution in [0.15, 0.2) is 66.4 Å². The van der Waals surface area contributed by atoms with Gasteiger partial charge in [0.2, 0.25) is 0 Å². The molecule has 0 saturated heterocycles. The van der Waals surface area contributed by atoms with E-state index < -0.39 is 5.91 Å². The van der Waals surface area contributed by atoms with Crippen molar-refractivity contribution >= 4 is 45.3 Å². The van der Waals surface area contributed by atoms with Gasteiger partial charge in [-0.05, 0) is 40.6 Å². The molecular weight excluding hydrogens is 386 g/mol. The lowest BCUT2D eigenvalue weighted by Gasteiger charge is -2.10. The predicted octanol–water partition coefficient (Wildman–Crippen LogP) is 4.95. The van der Waals surface area contributed by atoms with E-state index in [0.717, 1.165) is 21.9 Å². The zero-order chi connectivity index (χ0) is 20.4. The maximum Gasteiger partial charge on any atom is 0.259 e. The highest BCUT2D eigenvalue weighted by Crippen LogP contribution is 2.33. The van der Waals surface area contributed by atoms with E-state index >= 15 is 0 Å². The number of carbonyl (C=O) groups is 1. The number of nitrogens with one attached hydrogen (secondary N) is 1. The molecule has 0 aliphatic rings. The van der Waals surface area contributed by atoms with E-state index in [9.17, 15) is 4.79 Å². The van der Waals surface area contributed by atoms with Crippen molar-refractivity contribution in [2.75, 3.05) is 0 Å². The molecule has 1 amide bonds. The molecule has 5 nitrogen and oxygen atoms in total. The monoisotopic (exact) mass is 401 g/mol. The van der Waals surface area contributed by atoms with Crippen molar-refractivity contribution in [1.82, 2.24) is 4.98 Å². The molecule has 0 unspecified atom stereocenters. The Morgan fingerprint density at radius 2 is 1.97 bits per heavy atom. The third kappa shape index (κ3) is 3.79. The first-order valence-electron chi connectivity index (χ1n) is 8.88. The average Bonchev–Trinajstić information content (AvgIpc) is 3.11. The van der Waals surface area contributed by atoms with Gasteiger partial charge in [0.25, 0.3) is 5.91 Å². The van der Waals surface area contributed by atoms with Gasteiger partial charge in [-0.2, -0.15) is 5.26 Å². The van der Waals surface area contributed by atoms with Crippen LogP contribution >= 0.6 is 11.6 Å². The molecule has 0 aliphatic carbocycles. The molecule has 0 atom stereocenters. The SMILES string of the molecule is N#C/C(=C\c1c[nH]c2cc(Cl)c(OCc3ccc4ccccc4c3)cc12)C(N)=O. The van der Waals surface area contributed by atoms with Crippen LogP contribution in [-0.2, 0) is 11.4 Å². The number of rotatable bonds is 5. The number of H-pyrrole nitrogens is 1. The van der Waals surface area contributed by atoms with Gasteiger partial charge in [0.05, 0.1) is 5.02 Å². The van der Waals surface area contributed by atoms with Crippen molar-refractivity contribution in [1.29, 1.82) is 5.26 Å². The topological polar surface area (TPSA) is 91.9 Å². The minimum absolute atomic E-state index is 0.125. The number of ether oxygens (including phenoxy) is 1. The minimum Gasteiger partial charge on any atom is -0.487 e. The van der Waals surface area contributed by atoms with Crippen LogP contribution in [0.3, 0.4) is 0 Å². The van der Waals surface area contributed by atoms with Gasteiger partial charge in [-0.25, -0.2) is 0 Å². The summed E-state index contributed by atoms with van der Waals surface area (Å²) in [7, 11) is 0. The minimum atomic E-state index is -0.774. The molecule has 0 bridgehead atoms. The van der Waals surface area contributed by atoms with Crippen molar-refractivity contribution in [3.63, 3.8) is 0 Å². The van der Waals surface area contributed by atoms with Crippen molar-refractivity contribution in [3.05, 3.63) is 82.5 Å². The molecule has 29 heavy (non-hydrogen) atoms. The highest BCUT2D eigenvalue weighted by Gasteiger charge is 2.11. The number of fused-ring (bicyclic) bond motifs is 2. The molecule has 6 heteroatoms. The van der Waals surface area contributed by atoms with E-state index in [1.165, 1.54) is 11.5 Å². The summed E-state index contributed by atoms with van der Waals surface area (Å²) in [6, 6.07) is 19.6. The van der Waals surface area contributed by atoms with E-state index in [1.807, 2.05) is 24.3 Å². The lowest BCUT2D eigenvalue weighted by molar-refractivity contribution is -0.114. The Bertz CT molecular complexity index is 1310. The van der Waals surface area contributed by atoms with Gasteiger partial charge in [0.1, 0.15) is 24.0 Å². The molecule has 4 aromatic rings. The quantitative estimate of drug-likeness (QED) is 0.366. The number of primary amides is 1. The summed E-state index contributed by atoms with van der Waals surface area (Å²) in [4.78, 5) is 14.4. The second kappa shape index (κ2) is 7.70. The number of amides is 1. The summed E-state index contributed by atoms with van der Waals surface area (Å²) >= 11 is 6.37. The maximum absolute atomic E-state index is 11.3. The second-order valence-electron chi connectivity index (χ2n) is 6.58. The first-order valence-corrected chi connectivity index (χ1v) is 9.25. The lowest BCUT2D eigenvalue weighted by Crippen LogP contribution is -2.12. The Morgan fingerprint density at radius 3 is 2.72 bits per heavy atom. The van der Waals surface area contributed by atoms with Gasteiger partial charge in [0, 0.05) is 22.7 Å². The highest BCUT2D eigenvalue weighted by atomic mass is 35.5. The van der Waals surface area contributed by atoms with E-state index in [-0.39, 0.29) is 5.57 Å². The summed E-state index contributed by atoms with van der Waals surface area (Å²) in [5, 5.41) is 12.6. The van der Waals surface area contributed by atoms with Crippen LogP contribution in [0.25, 0.3) is 27.8 Å². The van der Waals surface area contributed by atoms with Crippen molar-refractivity contribution < 1.29 is 9.53 Å². The number of nitrogens with zero attached hydrogens (tertiary/aromatic N) is 1. The molecule has 0 aliphatic heterocycles. The number of hydrogen-bond acceptors (Lipinski definition) is 3. The molecular formula is C23H16ClN3O2. The van der Waals surface area contributed by atoms with Gasteiger partial charge >= 0.3 is 0 Å². The molecule has 0 saturated carbocycles. The van der Waals surface area contributed by atoms with Crippen LogP contribution in [0, 0.1) is 11.3 Å². The standard InChI is InChI=1S/C23H16ClN3O2/c24-20-10-21-19(18(12-27-21)8-17(11-25)23(26)28)9-22(20)29-13-14-5-6-15-3-1-2-4-16(15)7-14/h1-10,12,27H,13H2,(H2,26,28)/b17-8+. The number of hydrogen-bond donors (Lipinski definition) is 2. The van der Waals surface area contributed by atoms with Crippen LogP contribution < -0.4 is 10.5 Å². The van der Waals surface area contributed by atoms with Crippen molar-refractivity contribution in [2.24, 2.45) is 5.73 Å². The summed E-state index contributed by atoms with van der Waals surface area (Å²) in [5.41, 5.74) is 7.55. The normalized spacial score (nSPS) is 11.5. The first-order chi connectivity index (χ1) is 14.0. The smallest absolute Gasteiger partial charge is 0.259 e. The number of aromatic amines is 1. The molecule has 1 aromatic heterocycles. The Morgan fingerprint density at radius 1 is 1.17 bits per heavy atom. The number of nitrogens with two attached hydrogens (primary N) is 1. The molecule has 1 heterocycles. The molecule has 0 spiro atoms. The summed E-state index contributed by atoms with van der Waals surface area (Å²) in [6.45, 7) is 0.358. The molecule has 4 rings (SSSR count). The maximum atomic E-state index is 11.3. The van der Waals surface area contributed by atoms with Crippen LogP contribution in [0.4, 0.5) is 0 Å². The summed E-state index contributed by atoms with van der Waals surface area (Å²) < 4.78 is 5.96. The Kier molecular flexibility index (Phi) is 4.94. The van der Waals surface area contributed by atoms with Gasteiger partial charge in [-0.1, -0.05) is 48.0 Å². The predicted molar refractivity (Wildman–Crippen MR) is 114 cm³/mol. The van der Waals surface area contributed by atoms with Gasteiger partial charge < -0.3 is 15.5 Å². The molecule has 0 radical (unpaired) electrons. The number of halogens is 1. The average molecular weight is 402 g/mol. The van der Waals surface area contributed by atoms with Gasteiger partial charge in [0.15, 0.2) is 0 Å². The van der Waals surface area contributed by atoms with E-state index in [2.05, 4.69) is 29.2 Å². The molecule has 142 valence electrons.